The van der Waals surface area contributed by atoms with Gasteiger partial charge in [-0.05, 0) is 6.92 Å². The summed E-state index contributed by atoms with van der Waals surface area (Å²) in [7, 11) is 0. The molecule has 0 saturated heterocycles. The van der Waals surface area contributed by atoms with Gasteiger partial charge < -0.3 is 25.8 Å². The molecule has 0 aliphatic heterocycles. The minimum Gasteiger partial charge on any atom is -0.379 e. The Bertz CT molecular complexity index is 224. The maximum absolute atomic E-state index is 11.2. The molecular weight excluding hydrogens is 226 g/mol. The fourth-order valence-corrected chi connectivity index (χ4v) is 0.940. The lowest BCUT2D eigenvalue weighted by Crippen LogP contribution is -2.40. The normalized spacial score (nSPS) is 10.0. The van der Waals surface area contributed by atoms with Crippen molar-refractivity contribution in [3.05, 3.63) is 0 Å². The Morgan fingerprint density at radius 2 is 1.76 bits per heavy atom. The summed E-state index contributed by atoms with van der Waals surface area (Å²) in [6.07, 6.45) is 0. The van der Waals surface area contributed by atoms with Crippen molar-refractivity contribution in [3.8, 4) is 0 Å². The van der Waals surface area contributed by atoms with Crippen LogP contribution in [0.15, 0.2) is 0 Å². The van der Waals surface area contributed by atoms with Gasteiger partial charge in [-0.25, -0.2) is 0 Å². The fourth-order valence-electron chi connectivity index (χ4n) is 0.940. The molecule has 0 aromatic heterocycles. The Balaban J connectivity index is 3.25. The summed E-state index contributed by atoms with van der Waals surface area (Å²) in [5.74, 6) is -0.617. The number of amides is 2. The van der Waals surface area contributed by atoms with Gasteiger partial charge in [0.25, 0.3) is 0 Å². The minimum atomic E-state index is -0.354. The van der Waals surface area contributed by atoms with Crippen molar-refractivity contribution >= 4 is 11.8 Å². The highest BCUT2D eigenvalue weighted by atomic mass is 16.5. The van der Waals surface area contributed by atoms with Crippen LogP contribution < -0.4 is 16.4 Å². The smallest absolute Gasteiger partial charge is 0.239 e. The second-order valence-corrected chi connectivity index (χ2v) is 3.14. The number of rotatable bonds is 10. The van der Waals surface area contributed by atoms with E-state index in [0.717, 1.165) is 0 Å². The Morgan fingerprint density at radius 3 is 2.41 bits per heavy atom. The highest BCUT2D eigenvalue weighted by molar-refractivity contribution is 5.85. The van der Waals surface area contributed by atoms with E-state index in [1.807, 2.05) is 6.92 Å². The predicted molar refractivity (Wildman–Crippen MR) is 62.4 cm³/mol. The molecule has 7 nitrogen and oxygen atoms in total. The average Bonchev–Trinajstić information content (AvgIpc) is 2.34. The number of carbonyl (C=O) groups is 2. The van der Waals surface area contributed by atoms with E-state index >= 15 is 0 Å². The summed E-state index contributed by atoms with van der Waals surface area (Å²) in [6.45, 7) is 4.29. The van der Waals surface area contributed by atoms with Crippen molar-refractivity contribution in [2.75, 3.05) is 46.1 Å². The molecule has 100 valence electrons. The summed E-state index contributed by atoms with van der Waals surface area (Å²) in [5, 5.41) is 4.96. The van der Waals surface area contributed by atoms with Crippen LogP contribution in [0.2, 0.25) is 0 Å². The number of carbonyl (C=O) groups excluding carboxylic acids is 2. The van der Waals surface area contributed by atoms with E-state index in [9.17, 15) is 9.59 Å². The fraction of sp³-hybridized carbons (Fsp3) is 0.800. The van der Waals surface area contributed by atoms with Crippen LogP contribution in [0.5, 0.6) is 0 Å². The highest BCUT2D eigenvalue weighted by Gasteiger charge is 2.02. The zero-order valence-electron chi connectivity index (χ0n) is 10.2. The van der Waals surface area contributed by atoms with Gasteiger partial charge in [0.15, 0.2) is 0 Å². The molecule has 17 heavy (non-hydrogen) atoms. The average molecular weight is 247 g/mol. The maximum Gasteiger partial charge on any atom is 0.239 e. The molecule has 0 atom stereocenters. The van der Waals surface area contributed by atoms with Crippen molar-refractivity contribution in [2.24, 2.45) is 5.73 Å². The van der Waals surface area contributed by atoms with Gasteiger partial charge in [0.2, 0.25) is 11.8 Å². The van der Waals surface area contributed by atoms with Crippen LogP contribution in [-0.2, 0) is 19.1 Å². The Hall–Kier alpha value is -1.18. The quantitative estimate of drug-likeness (QED) is 0.396. The second kappa shape index (κ2) is 11.3. The van der Waals surface area contributed by atoms with Crippen LogP contribution in [0, 0.1) is 0 Å². The molecule has 0 bridgehead atoms. The standard InChI is InChI=1S/C10H21N3O4/c1-2-16-5-6-17-4-3-12-10(15)8-13-9(14)7-11/h2-8,11H2,1H3,(H,12,15)(H,13,14). The van der Waals surface area contributed by atoms with Gasteiger partial charge in [-0.15, -0.1) is 0 Å². The Labute approximate surface area is 101 Å². The van der Waals surface area contributed by atoms with Crippen LogP contribution >= 0.6 is 0 Å². The van der Waals surface area contributed by atoms with Crippen molar-refractivity contribution in [1.82, 2.24) is 10.6 Å². The van der Waals surface area contributed by atoms with Crippen LogP contribution in [0.1, 0.15) is 6.92 Å². The lowest BCUT2D eigenvalue weighted by molar-refractivity contribution is -0.125. The van der Waals surface area contributed by atoms with Crippen molar-refractivity contribution in [1.29, 1.82) is 0 Å². The SMILES string of the molecule is CCOCCOCCNC(=O)CNC(=O)CN. The van der Waals surface area contributed by atoms with Crippen LogP contribution in [0.4, 0.5) is 0 Å². The second-order valence-electron chi connectivity index (χ2n) is 3.14. The molecule has 0 heterocycles. The lowest BCUT2D eigenvalue weighted by atomic mass is 10.5. The molecule has 0 aliphatic carbocycles. The van der Waals surface area contributed by atoms with E-state index < -0.39 is 0 Å². The molecule has 0 aromatic rings. The van der Waals surface area contributed by atoms with E-state index in [2.05, 4.69) is 10.6 Å². The molecule has 2 amide bonds. The van der Waals surface area contributed by atoms with E-state index in [-0.39, 0.29) is 24.9 Å². The van der Waals surface area contributed by atoms with Crippen LogP contribution in [0.25, 0.3) is 0 Å². The molecule has 0 aromatic carbocycles. The van der Waals surface area contributed by atoms with Crippen molar-refractivity contribution in [3.63, 3.8) is 0 Å². The predicted octanol–water partition coefficient (Wildman–Crippen LogP) is -1.77. The minimum absolute atomic E-state index is 0.0605. The summed E-state index contributed by atoms with van der Waals surface area (Å²) in [5.41, 5.74) is 5.06. The summed E-state index contributed by atoms with van der Waals surface area (Å²) in [4.78, 5) is 21.9. The number of hydrogen-bond donors (Lipinski definition) is 3. The summed E-state index contributed by atoms with van der Waals surface area (Å²) in [6, 6.07) is 0. The van der Waals surface area contributed by atoms with E-state index in [1.54, 1.807) is 0 Å². The van der Waals surface area contributed by atoms with Crippen LogP contribution in [0.3, 0.4) is 0 Å². The molecule has 0 saturated carbocycles. The Kier molecular flexibility index (Phi) is 10.5. The molecule has 0 aliphatic rings. The van der Waals surface area contributed by atoms with Gasteiger partial charge in [-0.1, -0.05) is 0 Å². The number of nitrogens with one attached hydrogen (secondary N) is 2. The molecule has 0 unspecified atom stereocenters. The number of ether oxygens (including phenoxy) is 2. The largest absolute Gasteiger partial charge is 0.379 e. The van der Waals surface area contributed by atoms with Gasteiger partial charge in [0, 0.05) is 13.2 Å². The number of hydrogen-bond acceptors (Lipinski definition) is 5. The van der Waals surface area contributed by atoms with E-state index in [0.29, 0.717) is 33.0 Å². The molecule has 0 rings (SSSR count). The van der Waals surface area contributed by atoms with Gasteiger partial charge >= 0.3 is 0 Å². The first-order valence-electron chi connectivity index (χ1n) is 5.59. The van der Waals surface area contributed by atoms with Gasteiger partial charge in [-0.3, -0.25) is 9.59 Å². The molecule has 4 N–H and O–H groups in total. The van der Waals surface area contributed by atoms with Gasteiger partial charge in [0.1, 0.15) is 0 Å². The molecule has 7 heteroatoms. The zero-order chi connectivity index (χ0) is 12.9. The van der Waals surface area contributed by atoms with Crippen LogP contribution in [-0.4, -0.2) is 57.9 Å². The topological polar surface area (TPSA) is 103 Å². The maximum atomic E-state index is 11.2. The van der Waals surface area contributed by atoms with Gasteiger partial charge in [0.05, 0.1) is 32.9 Å². The first-order valence-corrected chi connectivity index (χ1v) is 5.59. The first kappa shape index (κ1) is 15.8. The molecule has 0 fully saturated rings. The molecule has 0 spiro atoms. The summed E-state index contributed by atoms with van der Waals surface area (Å²) < 4.78 is 10.3. The third-order valence-electron chi connectivity index (χ3n) is 1.78. The monoisotopic (exact) mass is 247 g/mol. The first-order chi connectivity index (χ1) is 8.20. The van der Waals surface area contributed by atoms with E-state index in [4.69, 9.17) is 15.2 Å². The molecule has 0 radical (unpaired) electrons. The third kappa shape index (κ3) is 11.1. The van der Waals surface area contributed by atoms with Crippen molar-refractivity contribution < 1.29 is 19.1 Å². The highest BCUT2D eigenvalue weighted by Crippen LogP contribution is 1.77. The van der Waals surface area contributed by atoms with E-state index in [1.165, 1.54) is 0 Å². The zero-order valence-corrected chi connectivity index (χ0v) is 10.2. The molecular formula is C10H21N3O4. The third-order valence-corrected chi connectivity index (χ3v) is 1.78. The van der Waals surface area contributed by atoms with Crippen molar-refractivity contribution in [2.45, 2.75) is 6.92 Å². The summed E-state index contributed by atoms with van der Waals surface area (Å²) >= 11 is 0. The Morgan fingerprint density at radius 1 is 1.06 bits per heavy atom. The number of nitrogens with two attached hydrogens (primary N) is 1. The van der Waals surface area contributed by atoms with Gasteiger partial charge in [-0.2, -0.15) is 0 Å². The lowest BCUT2D eigenvalue weighted by Gasteiger charge is -2.07.